The van der Waals surface area contributed by atoms with Crippen molar-refractivity contribution in [1.29, 1.82) is 0 Å². The average Bonchev–Trinajstić information content (AvgIpc) is 2.93. The number of carbonyl (C=O) groups excluding carboxylic acids is 1. The fraction of sp³-hybridized carbons (Fsp3) is 0.412. The van der Waals surface area contributed by atoms with Crippen LogP contribution in [0.5, 0.6) is 0 Å². The van der Waals surface area contributed by atoms with E-state index in [2.05, 4.69) is 4.98 Å². The zero-order valence-corrected chi connectivity index (χ0v) is 15.1. The van der Waals surface area contributed by atoms with E-state index in [4.69, 9.17) is 23.2 Å². The minimum atomic E-state index is 0.124. The van der Waals surface area contributed by atoms with Crippen LogP contribution in [0.25, 0.3) is 0 Å². The zero-order valence-electron chi connectivity index (χ0n) is 13.6. The van der Waals surface area contributed by atoms with E-state index in [0.717, 1.165) is 11.4 Å². The van der Waals surface area contributed by atoms with Crippen molar-refractivity contribution >= 4 is 29.1 Å². The molecular formula is C17H21Cl2N3O. The van der Waals surface area contributed by atoms with Gasteiger partial charge in [0.2, 0.25) is 5.91 Å². The van der Waals surface area contributed by atoms with E-state index < -0.39 is 0 Å². The Bertz CT molecular complexity index is 682. The second-order valence-corrected chi connectivity index (χ2v) is 6.52. The van der Waals surface area contributed by atoms with Crippen molar-refractivity contribution in [3.63, 3.8) is 0 Å². The van der Waals surface area contributed by atoms with E-state index in [1.54, 1.807) is 12.3 Å². The van der Waals surface area contributed by atoms with Crippen LogP contribution < -0.4 is 0 Å². The number of nitrogens with zero attached hydrogens (tertiary/aromatic N) is 3. The van der Waals surface area contributed by atoms with Crippen molar-refractivity contribution in [3.8, 4) is 0 Å². The summed E-state index contributed by atoms with van der Waals surface area (Å²) < 4.78 is 2.01. The van der Waals surface area contributed by atoms with E-state index in [-0.39, 0.29) is 11.9 Å². The lowest BCUT2D eigenvalue weighted by atomic mass is 10.2. The third-order valence-corrected chi connectivity index (χ3v) is 4.30. The molecule has 6 heteroatoms. The molecule has 124 valence electrons. The second-order valence-electron chi connectivity index (χ2n) is 5.68. The van der Waals surface area contributed by atoms with Gasteiger partial charge in [0.05, 0.1) is 13.1 Å². The number of aromatic nitrogens is 2. The molecule has 23 heavy (non-hydrogen) atoms. The van der Waals surface area contributed by atoms with Gasteiger partial charge in [-0.3, -0.25) is 4.79 Å². The van der Waals surface area contributed by atoms with Gasteiger partial charge in [0.15, 0.2) is 0 Å². The average molecular weight is 354 g/mol. The molecule has 0 aliphatic carbocycles. The van der Waals surface area contributed by atoms with Crippen LogP contribution in [0, 0.1) is 0 Å². The summed E-state index contributed by atoms with van der Waals surface area (Å²) in [5, 5.41) is 1.24. The first-order valence-corrected chi connectivity index (χ1v) is 8.41. The van der Waals surface area contributed by atoms with E-state index in [1.165, 1.54) is 0 Å². The first-order valence-electron chi connectivity index (χ1n) is 7.65. The van der Waals surface area contributed by atoms with Gasteiger partial charge in [-0.2, -0.15) is 0 Å². The first-order chi connectivity index (χ1) is 10.9. The predicted octanol–water partition coefficient (Wildman–Crippen LogP) is 4.39. The Morgan fingerprint density at radius 2 is 2.09 bits per heavy atom. The summed E-state index contributed by atoms with van der Waals surface area (Å²) in [6, 6.07) is 5.59. The molecule has 1 aromatic heterocycles. The SMILES string of the molecule is CCC(=O)N(Cc1nccn1Cc1ccc(Cl)cc1Cl)C(C)C. The lowest BCUT2D eigenvalue weighted by molar-refractivity contribution is -0.133. The zero-order chi connectivity index (χ0) is 17.0. The van der Waals surface area contributed by atoms with Crippen LogP contribution in [-0.4, -0.2) is 26.4 Å². The summed E-state index contributed by atoms with van der Waals surface area (Å²) in [6.07, 6.45) is 4.13. The molecule has 1 aromatic carbocycles. The van der Waals surface area contributed by atoms with Crippen molar-refractivity contribution in [1.82, 2.24) is 14.5 Å². The lowest BCUT2D eigenvalue weighted by Gasteiger charge is -2.26. The maximum Gasteiger partial charge on any atom is 0.222 e. The number of carbonyl (C=O) groups is 1. The Balaban J connectivity index is 2.20. The molecule has 4 nitrogen and oxygen atoms in total. The van der Waals surface area contributed by atoms with Crippen molar-refractivity contribution in [2.24, 2.45) is 0 Å². The Kier molecular flexibility index (Phi) is 6.08. The van der Waals surface area contributed by atoms with Crippen LogP contribution in [0.2, 0.25) is 10.0 Å². The van der Waals surface area contributed by atoms with Crippen LogP contribution in [0.4, 0.5) is 0 Å². The highest BCUT2D eigenvalue weighted by Gasteiger charge is 2.18. The number of hydrogen-bond donors (Lipinski definition) is 0. The molecule has 1 amide bonds. The van der Waals surface area contributed by atoms with Crippen LogP contribution in [0.1, 0.15) is 38.6 Å². The predicted molar refractivity (Wildman–Crippen MR) is 93.8 cm³/mol. The Labute approximate surface area is 147 Å². The number of imidazole rings is 1. The number of rotatable bonds is 6. The highest BCUT2D eigenvalue weighted by molar-refractivity contribution is 6.35. The maximum absolute atomic E-state index is 12.1. The summed E-state index contributed by atoms with van der Waals surface area (Å²) in [5.74, 6) is 0.964. The van der Waals surface area contributed by atoms with Crippen LogP contribution in [0.3, 0.4) is 0 Å². The normalized spacial score (nSPS) is 11.0. The van der Waals surface area contributed by atoms with E-state index in [1.807, 2.05) is 48.6 Å². The summed E-state index contributed by atoms with van der Waals surface area (Å²) in [6.45, 7) is 6.98. The molecule has 2 rings (SSSR count). The molecule has 0 saturated heterocycles. The topological polar surface area (TPSA) is 38.1 Å². The second kappa shape index (κ2) is 7.84. The molecule has 0 atom stereocenters. The Morgan fingerprint density at radius 1 is 1.35 bits per heavy atom. The van der Waals surface area contributed by atoms with Gasteiger partial charge < -0.3 is 9.47 Å². The van der Waals surface area contributed by atoms with Crippen LogP contribution >= 0.6 is 23.2 Å². The molecule has 0 spiro atoms. The van der Waals surface area contributed by atoms with Crippen molar-refractivity contribution in [2.75, 3.05) is 0 Å². The number of hydrogen-bond acceptors (Lipinski definition) is 2. The molecule has 0 N–H and O–H groups in total. The molecule has 0 aliphatic heterocycles. The van der Waals surface area contributed by atoms with Crippen molar-refractivity contribution in [3.05, 3.63) is 52.0 Å². The van der Waals surface area contributed by atoms with Gasteiger partial charge in [-0.25, -0.2) is 4.98 Å². The lowest BCUT2D eigenvalue weighted by Crippen LogP contribution is -2.36. The van der Waals surface area contributed by atoms with Crippen LogP contribution in [0.15, 0.2) is 30.6 Å². The minimum absolute atomic E-state index is 0.124. The van der Waals surface area contributed by atoms with Gasteiger partial charge in [0.25, 0.3) is 0 Å². The van der Waals surface area contributed by atoms with E-state index >= 15 is 0 Å². The third kappa shape index (κ3) is 4.49. The molecule has 0 bridgehead atoms. The first kappa shape index (κ1) is 17.8. The number of halogens is 2. The minimum Gasteiger partial charge on any atom is -0.333 e. The molecule has 0 aliphatic rings. The van der Waals surface area contributed by atoms with Gasteiger partial charge in [-0.15, -0.1) is 0 Å². The number of amides is 1. The van der Waals surface area contributed by atoms with E-state index in [0.29, 0.717) is 29.6 Å². The number of benzene rings is 1. The summed E-state index contributed by atoms with van der Waals surface area (Å²) in [7, 11) is 0. The summed E-state index contributed by atoms with van der Waals surface area (Å²) in [4.78, 5) is 18.3. The van der Waals surface area contributed by atoms with E-state index in [9.17, 15) is 4.79 Å². The van der Waals surface area contributed by atoms with Crippen molar-refractivity contribution in [2.45, 2.75) is 46.3 Å². The highest BCUT2D eigenvalue weighted by atomic mass is 35.5. The largest absolute Gasteiger partial charge is 0.333 e. The highest BCUT2D eigenvalue weighted by Crippen LogP contribution is 2.22. The quantitative estimate of drug-likeness (QED) is 0.772. The molecular weight excluding hydrogens is 333 g/mol. The smallest absolute Gasteiger partial charge is 0.222 e. The molecule has 1 heterocycles. The van der Waals surface area contributed by atoms with Gasteiger partial charge in [0, 0.05) is 34.9 Å². The molecule has 0 unspecified atom stereocenters. The van der Waals surface area contributed by atoms with Gasteiger partial charge in [-0.1, -0.05) is 36.2 Å². The summed E-state index contributed by atoms with van der Waals surface area (Å²) >= 11 is 12.2. The fourth-order valence-electron chi connectivity index (χ4n) is 2.38. The fourth-order valence-corrected chi connectivity index (χ4v) is 2.85. The molecule has 2 aromatic rings. The maximum atomic E-state index is 12.1. The van der Waals surface area contributed by atoms with Gasteiger partial charge in [0.1, 0.15) is 5.82 Å². The molecule has 0 radical (unpaired) electrons. The van der Waals surface area contributed by atoms with Crippen LogP contribution in [-0.2, 0) is 17.9 Å². The van der Waals surface area contributed by atoms with Gasteiger partial charge in [-0.05, 0) is 31.5 Å². The monoisotopic (exact) mass is 353 g/mol. The third-order valence-electron chi connectivity index (χ3n) is 3.72. The standard InChI is InChI=1S/C17H21Cl2N3O/c1-4-17(23)22(12(2)3)11-16-20-7-8-21(16)10-13-5-6-14(18)9-15(13)19/h5-9,12H,4,10-11H2,1-3H3. The molecule has 0 fully saturated rings. The van der Waals surface area contributed by atoms with Crippen molar-refractivity contribution < 1.29 is 4.79 Å². The van der Waals surface area contributed by atoms with Gasteiger partial charge >= 0.3 is 0 Å². The Morgan fingerprint density at radius 3 is 2.70 bits per heavy atom. The molecule has 0 saturated carbocycles. The Hall–Kier alpha value is -1.52. The summed E-state index contributed by atoms with van der Waals surface area (Å²) in [5.41, 5.74) is 0.966.